The SMILES string of the molecule is Cc1cc(NC(=O)c2cncc(C#Cc3cnc4cccnn34)c2)ccc1CN1CCN[C@@H](C)C1.Cc1cc(NC(=O)c2cncc(C#Cc3cnc4cccnn34)c2)ccc1CN1C[C@@H](C)N[C@@H](C)C1.Cc1cc(NC(=O)c2cncc(C#Cc3cnc4cccnn34)c2)ccc1CN1C[C@H](C)C[C@H](C)C1. The molecule has 0 bridgehead atoms. The second-order valence-corrected chi connectivity index (χ2v) is 28.1. The number of rotatable bonds is 12. The van der Waals surface area contributed by atoms with Gasteiger partial charge in [-0.1, -0.05) is 49.8 Å². The maximum absolute atomic E-state index is 12.9. The number of imidazole rings is 3. The maximum atomic E-state index is 12.9. The highest BCUT2D eigenvalue weighted by Gasteiger charge is 2.24. The molecule has 0 radical (unpaired) electrons. The summed E-state index contributed by atoms with van der Waals surface area (Å²) in [6.07, 6.45) is 21.0. The second kappa shape index (κ2) is 34.2. The van der Waals surface area contributed by atoms with Gasteiger partial charge in [0.05, 0.1) is 35.3 Å². The first-order valence-corrected chi connectivity index (χ1v) is 36.1. The van der Waals surface area contributed by atoms with Crippen molar-refractivity contribution < 1.29 is 14.4 Å². The van der Waals surface area contributed by atoms with Crippen molar-refractivity contribution in [2.75, 3.05) is 61.8 Å². The molecule has 0 aliphatic carbocycles. The van der Waals surface area contributed by atoms with Crippen LogP contribution in [0.15, 0.2) is 184 Å². The lowest BCUT2D eigenvalue weighted by atomic mass is 9.91. The monoisotopic (exact) mass is 1420 g/mol. The van der Waals surface area contributed by atoms with Crippen LogP contribution in [0.2, 0.25) is 0 Å². The van der Waals surface area contributed by atoms with Gasteiger partial charge in [-0.25, -0.2) is 28.5 Å². The predicted molar refractivity (Wildman–Crippen MR) is 415 cm³/mol. The van der Waals surface area contributed by atoms with Crippen molar-refractivity contribution in [2.24, 2.45) is 11.8 Å². The standard InChI is InChI=1S/C29H30N6O.C28H29N7O.C27H27N7O/c1-20-11-21(2)18-34(17-20)19-24-7-8-26(12-22(24)3)33-29(36)25-13-23(14-30-15-25)6-9-27-16-31-28-5-4-10-32-35(27)28;1-19-11-25(8-7-23(19)18-34-16-20(2)32-21(3)17-34)33-28(36)24-12-22(13-29-14-24)6-9-26-15-30-27-5-4-10-31-35(26)27;1-19-12-24(7-6-22(19)18-33-11-10-29-20(2)17-33)32-27(35)23-13-21(14-28-15-23)5-8-25-16-30-26-4-3-9-31-34(25)26/h4-5,7-8,10,12-16,20-21H,11,17-19H2,1-3H3,(H,33,36);4-5,7-8,10-15,20-21,32H,16-18H2,1-3H3,(H,33,36);3-4,6-7,9,12-16,20,29H,10-11,17-18H2,1-2H3,(H,32,35)/t2*20-,21+;20-/m..0/s1. The molecule has 3 aliphatic heterocycles. The number of piperidine rings is 1. The van der Waals surface area contributed by atoms with E-state index >= 15 is 0 Å². The van der Waals surface area contributed by atoms with E-state index in [1.807, 2.05) is 72.8 Å². The average Bonchev–Trinajstić information content (AvgIpc) is 1.80. The summed E-state index contributed by atoms with van der Waals surface area (Å²) in [5.41, 5.74) is 17.1. The van der Waals surface area contributed by atoms with E-state index in [-0.39, 0.29) is 17.7 Å². The van der Waals surface area contributed by atoms with Crippen LogP contribution in [-0.4, -0.2) is 155 Å². The minimum Gasteiger partial charge on any atom is -0.322 e. The number of hydrogen-bond donors (Lipinski definition) is 5. The number of nitrogens with one attached hydrogen (secondary N) is 5. The van der Waals surface area contributed by atoms with E-state index in [0.29, 0.717) is 68.6 Å². The van der Waals surface area contributed by atoms with E-state index in [0.717, 1.165) is 122 Å². The summed E-state index contributed by atoms with van der Waals surface area (Å²) in [5, 5.41) is 28.8. The second-order valence-electron chi connectivity index (χ2n) is 28.1. The van der Waals surface area contributed by atoms with Crippen LogP contribution in [-0.2, 0) is 19.6 Å². The fourth-order valence-corrected chi connectivity index (χ4v) is 13.9. The average molecular weight is 1420 g/mol. The highest BCUT2D eigenvalue weighted by atomic mass is 16.2. The van der Waals surface area contributed by atoms with Gasteiger partial charge in [-0.3, -0.25) is 44.0 Å². The molecule has 5 atom stereocenters. The van der Waals surface area contributed by atoms with E-state index in [9.17, 15) is 14.4 Å². The number of pyridine rings is 3. The first kappa shape index (κ1) is 73.2. The first-order valence-electron chi connectivity index (χ1n) is 36.1. The third-order valence-electron chi connectivity index (χ3n) is 18.9. The molecule has 15 rings (SSSR count). The molecule has 3 aromatic carbocycles. The minimum atomic E-state index is -0.223. The van der Waals surface area contributed by atoms with Crippen molar-refractivity contribution in [3.05, 3.63) is 267 Å². The molecule has 5 N–H and O–H groups in total. The Kier molecular flexibility index (Phi) is 23.4. The molecule has 0 saturated carbocycles. The topological polar surface area (TPSA) is 250 Å². The molecule has 12 heterocycles. The van der Waals surface area contributed by atoms with Gasteiger partial charge in [0.2, 0.25) is 0 Å². The van der Waals surface area contributed by atoms with E-state index in [1.165, 1.54) is 28.7 Å². The number of carbonyl (C=O) groups excluding carboxylic acids is 3. The van der Waals surface area contributed by atoms with Gasteiger partial charge in [0.25, 0.3) is 17.7 Å². The van der Waals surface area contributed by atoms with Crippen molar-refractivity contribution in [3.63, 3.8) is 0 Å². The Morgan fingerprint density at radius 3 is 1.14 bits per heavy atom. The molecule has 3 saturated heterocycles. The number of fused-ring (bicyclic) bond motifs is 3. The normalized spacial score (nSPS) is 17.3. The molecule has 107 heavy (non-hydrogen) atoms. The molecular formula is C84H86N20O3. The van der Waals surface area contributed by atoms with Crippen LogP contribution in [0.5, 0.6) is 0 Å². The third kappa shape index (κ3) is 19.4. The Morgan fingerprint density at radius 1 is 0.421 bits per heavy atom. The summed E-state index contributed by atoms with van der Waals surface area (Å²) in [6.45, 7) is 27.8. The van der Waals surface area contributed by atoms with Crippen molar-refractivity contribution in [3.8, 4) is 35.5 Å². The largest absolute Gasteiger partial charge is 0.322 e. The summed E-state index contributed by atoms with van der Waals surface area (Å²) in [4.78, 5) is 71.7. The van der Waals surface area contributed by atoms with E-state index in [2.05, 4.69) is 196 Å². The summed E-state index contributed by atoms with van der Waals surface area (Å²) in [7, 11) is 0. The number of amides is 3. The molecule has 0 spiro atoms. The molecule has 9 aromatic heterocycles. The van der Waals surface area contributed by atoms with Crippen LogP contribution in [0, 0.1) is 68.1 Å². The van der Waals surface area contributed by atoms with Gasteiger partial charge in [-0.15, -0.1) is 0 Å². The Labute approximate surface area is 623 Å². The lowest BCUT2D eigenvalue weighted by molar-refractivity contribution is 0.101. The summed E-state index contributed by atoms with van der Waals surface area (Å²) in [6, 6.07) is 36.1. The quantitative estimate of drug-likeness (QED) is 0.0713. The van der Waals surface area contributed by atoms with Gasteiger partial charge in [0.1, 0.15) is 17.1 Å². The smallest absolute Gasteiger partial charge is 0.257 e. The summed E-state index contributed by atoms with van der Waals surface area (Å²) >= 11 is 0. The Bertz CT molecular complexity index is 5170. The highest BCUT2D eigenvalue weighted by molar-refractivity contribution is 6.05. The molecule has 3 aliphatic rings. The molecule has 0 unspecified atom stereocenters. The maximum Gasteiger partial charge on any atom is 0.257 e. The van der Waals surface area contributed by atoms with E-state index in [4.69, 9.17) is 0 Å². The van der Waals surface area contributed by atoms with Crippen LogP contribution in [0.3, 0.4) is 0 Å². The van der Waals surface area contributed by atoms with Gasteiger partial charge in [0.15, 0.2) is 16.9 Å². The predicted octanol–water partition coefficient (Wildman–Crippen LogP) is 10.7. The van der Waals surface area contributed by atoms with Crippen LogP contribution >= 0.6 is 0 Å². The summed E-state index contributed by atoms with van der Waals surface area (Å²) in [5.74, 6) is 19.2. The molecule has 3 fully saturated rings. The zero-order chi connectivity index (χ0) is 74.3. The Hall–Kier alpha value is -12.1. The zero-order valence-electron chi connectivity index (χ0n) is 61.4. The first-order chi connectivity index (χ1) is 51.9. The van der Waals surface area contributed by atoms with E-state index < -0.39 is 0 Å². The Balaban J connectivity index is 0.000000142. The fourth-order valence-electron chi connectivity index (χ4n) is 13.9. The van der Waals surface area contributed by atoms with Gasteiger partial charge in [0, 0.05) is 173 Å². The zero-order valence-corrected chi connectivity index (χ0v) is 61.4. The molecule has 12 aromatic rings. The number of nitrogens with zero attached hydrogens (tertiary/aromatic N) is 15. The number of hydrogen-bond acceptors (Lipinski definition) is 17. The van der Waals surface area contributed by atoms with Crippen molar-refractivity contribution >= 4 is 51.7 Å². The minimum absolute atomic E-state index is 0.214. The summed E-state index contributed by atoms with van der Waals surface area (Å²) < 4.78 is 5.02. The number of anilines is 3. The van der Waals surface area contributed by atoms with Crippen LogP contribution < -0.4 is 26.6 Å². The van der Waals surface area contributed by atoms with Crippen LogP contribution in [0.4, 0.5) is 17.1 Å². The number of benzene rings is 3. The molecule has 540 valence electrons. The molecular weight excluding hydrogens is 1340 g/mol. The van der Waals surface area contributed by atoms with Gasteiger partial charge in [-0.05, 0) is 202 Å². The van der Waals surface area contributed by atoms with Gasteiger partial charge < -0.3 is 26.6 Å². The number of aryl methyl sites for hydroxylation is 3. The van der Waals surface area contributed by atoms with Gasteiger partial charge >= 0.3 is 0 Å². The molecule has 23 heteroatoms. The molecule has 3 amide bonds. The number of aromatic nitrogens is 12. The number of carbonyl (C=O) groups is 3. The van der Waals surface area contributed by atoms with Crippen molar-refractivity contribution in [1.82, 2.24) is 84.1 Å². The van der Waals surface area contributed by atoms with Crippen molar-refractivity contribution in [2.45, 2.75) is 99.6 Å². The Morgan fingerprint density at radius 2 is 0.776 bits per heavy atom. The van der Waals surface area contributed by atoms with E-state index in [1.54, 1.807) is 106 Å². The number of piperazine rings is 2. The number of likely N-dealkylation sites (tertiary alicyclic amines) is 1. The van der Waals surface area contributed by atoms with Crippen LogP contribution in [0.25, 0.3) is 16.9 Å². The van der Waals surface area contributed by atoms with Crippen LogP contribution in [0.1, 0.15) is 139 Å². The lowest BCUT2D eigenvalue weighted by Gasteiger charge is -2.36. The molecule has 23 nitrogen and oxygen atoms in total. The lowest BCUT2D eigenvalue weighted by Crippen LogP contribution is -2.53. The fraction of sp³-hybridized carbons (Fsp3) is 0.286. The van der Waals surface area contributed by atoms with Gasteiger partial charge in [-0.2, -0.15) is 15.3 Å². The van der Waals surface area contributed by atoms with Crippen molar-refractivity contribution in [1.29, 1.82) is 0 Å². The highest BCUT2D eigenvalue weighted by Crippen LogP contribution is 2.26. The third-order valence-corrected chi connectivity index (χ3v) is 18.9.